The van der Waals surface area contributed by atoms with Crippen molar-refractivity contribution in [3.63, 3.8) is 0 Å². The van der Waals surface area contributed by atoms with Gasteiger partial charge in [-0.2, -0.15) is 0 Å². The van der Waals surface area contributed by atoms with E-state index in [0.29, 0.717) is 22.4 Å². The third-order valence-corrected chi connectivity index (χ3v) is 4.80. The Morgan fingerprint density at radius 1 is 0.903 bits per heavy atom. The Balaban J connectivity index is 1.63. The van der Waals surface area contributed by atoms with E-state index in [9.17, 15) is 13.6 Å². The molecule has 0 aliphatic carbocycles. The highest BCUT2D eigenvalue weighted by atomic mass is 19.1. The van der Waals surface area contributed by atoms with Crippen LogP contribution in [0.3, 0.4) is 0 Å². The normalized spacial score (nSPS) is 11.0. The van der Waals surface area contributed by atoms with Crippen LogP contribution in [-0.2, 0) is 0 Å². The maximum absolute atomic E-state index is 13.9. The van der Waals surface area contributed by atoms with Gasteiger partial charge in [0.1, 0.15) is 11.6 Å². The average Bonchev–Trinajstić information content (AvgIpc) is 3.31. The molecule has 0 N–H and O–H groups in total. The molecule has 0 amide bonds. The highest BCUT2D eigenvalue weighted by Gasteiger charge is 2.16. The molecule has 5 aromatic rings. The van der Waals surface area contributed by atoms with Gasteiger partial charge in [0.25, 0.3) is 0 Å². The molecule has 3 aromatic heterocycles. The summed E-state index contributed by atoms with van der Waals surface area (Å²) < 4.78 is 39.5. The van der Waals surface area contributed by atoms with E-state index >= 15 is 0 Å². The quantitative estimate of drug-likeness (QED) is 0.378. The first-order valence-electron chi connectivity index (χ1n) is 9.39. The van der Waals surface area contributed by atoms with E-state index in [-0.39, 0.29) is 17.1 Å². The first-order valence-corrected chi connectivity index (χ1v) is 9.39. The van der Waals surface area contributed by atoms with Gasteiger partial charge < -0.3 is 9.15 Å². The number of rotatable bonds is 4. The summed E-state index contributed by atoms with van der Waals surface area (Å²) in [6.07, 6.45) is 3.08. The second-order valence-corrected chi connectivity index (χ2v) is 6.76. The Morgan fingerprint density at radius 2 is 1.74 bits per heavy atom. The van der Waals surface area contributed by atoms with Crippen molar-refractivity contribution in [3.05, 3.63) is 107 Å². The number of hydrogen-bond donors (Lipinski definition) is 0. The maximum Gasteiger partial charge on any atom is 0.237 e. The lowest BCUT2D eigenvalue weighted by Gasteiger charge is -2.12. The van der Waals surface area contributed by atoms with Crippen molar-refractivity contribution in [1.82, 2.24) is 9.61 Å². The molecule has 0 bridgehead atoms. The Kier molecular flexibility index (Phi) is 4.55. The van der Waals surface area contributed by atoms with Crippen LogP contribution in [0, 0.1) is 11.6 Å². The van der Waals surface area contributed by atoms with E-state index in [1.807, 2.05) is 30.3 Å². The first kappa shape index (κ1) is 18.7. The van der Waals surface area contributed by atoms with Crippen LogP contribution in [0.15, 0.2) is 94.5 Å². The number of hydrogen-bond acceptors (Lipinski definition) is 4. The van der Waals surface area contributed by atoms with Crippen molar-refractivity contribution < 1.29 is 17.9 Å². The molecule has 0 radical (unpaired) electrons. The van der Waals surface area contributed by atoms with E-state index in [4.69, 9.17) is 9.15 Å². The van der Waals surface area contributed by atoms with Gasteiger partial charge in [0.2, 0.25) is 5.88 Å². The van der Waals surface area contributed by atoms with Gasteiger partial charge in [-0.1, -0.05) is 24.3 Å². The molecule has 0 aliphatic heterocycles. The predicted molar refractivity (Wildman–Crippen MR) is 111 cm³/mol. The fraction of sp³-hybridized carbons (Fsp3) is 0. The summed E-state index contributed by atoms with van der Waals surface area (Å²) in [6.45, 7) is 0. The topological polar surface area (TPSA) is 56.7 Å². The molecule has 0 unspecified atom stereocenters. The molecule has 0 spiro atoms. The molecule has 0 fully saturated rings. The van der Waals surface area contributed by atoms with Crippen LogP contribution >= 0.6 is 0 Å². The van der Waals surface area contributed by atoms with Gasteiger partial charge in [-0.25, -0.2) is 13.3 Å². The van der Waals surface area contributed by atoms with Crippen LogP contribution in [0.2, 0.25) is 0 Å². The summed E-state index contributed by atoms with van der Waals surface area (Å²) in [7, 11) is 0. The highest BCUT2D eigenvalue weighted by Crippen LogP contribution is 2.33. The molecule has 152 valence electrons. The third-order valence-electron chi connectivity index (χ3n) is 4.80. The number of furan rings is 1. The number of pyridine rings is 1. The standard InChI is InChI=1S/C24H14F2N2O3/c25-15-7-9-22(18(26)14-15)31-23-10-8-19-24(20(29)11-12-28(19)27-23)17-5-2-1-4-16(17)21-6-3-13-30-21/h1-14H. The number of nitrogens with zero attached hydrogens (tertiary/aromatic N) is 2. The number of halogens is 2. The van der Waals surface area contributed by atoms with Gasteiger partial charge in [-0.05, 0) is 35.9 Å². The lowest BCUT2D eigenvalue weighted by atomic mass is 9.97. The van der Waals surface area contributed by atoms with Crippen molar-refractivity contribution in [2.24, 2.45) is 0 Å². The van der Waals surface area contributed by atoms with Gasteiger partial charge in [0.15, 0.2) is 17.0 Å². The van der Waals surface area contributed by atoms with E-state index in [1.165, 1.54) is 28.9 Å². The molecule has 7 heteroatoms. The van der Waals surface area contributed by atoms with Gasteiger partial charge >= 0.3 is 0 Å². The van der Waals surface area contributed by atoms with Gasteiger partial charge in [0.05, 0.1) is 17.3 Å². The summed E-state index contributed by atoms with van der Waals surface area (Å²) in [4.78, 5) is 12.8. The van der Waals surface area contributed by atoms with Crippen LogP contribution in [0.4, 0.5) is 8.78 Å². The second-order valence-electron chi connectivity index (χ2n) is 6.76. The SMILES string of the molecule is O=c1ccn2nc(Oc3ccc(F)cc3F)ccc2c1-c1ccccc1-c1ccco1. The van der Waals surface area contributed by atoms with E-state index < -0.39 is 11.6 Å². The molecule has 5 rings (SSSR count). The van der Waals surface area contributed by atoms with E-state index in [2.05, 4.69) is 5.10 Å². The minimum Gasteiger partial charge on any atom is -0.464 e. The lowest BCUT2D eigenvalue weighted by molar-refractivity contribution is 0.416. The predicted octanol–water partition coefficient (Wildman–Crippen LogP) is 5.69. The Morgan fingerprint density at radius 3 is 2.52 bits per heavy atom. The molecule has 2 aromatic carbocycles. The zero-order valence-electron chi connectivity index (χ0n) is 16.0. The van der Waals surface area contributed by atoms with Crippen LogP contribution in [0.1, 0.15) is 0 Å². The fourth-order valence-electron chi connectivity index (χ4n) is 3.42. The molecule has 3 heterocycles. The second kappa shape index (κ2) is 7.53. The van der Waals surface area contributed by atoms with Crippen molar-refractivity contribution in [2.45, 2.75) is 0 Å². The smallest absolute Gasteiger partial charge is 0.237 e. The van der Waals surface area contributed by atoms with Crippen LogP contribution in [-0.4, -0.2) is 9.61 Å². The highest BCUT2D eigenvalue weighted by molar-refractivity contribution is 5.89. The van der Waals surface area contributed by atoms with Gasteiger partial charge in [-0.15, -0.1) is 5.10 Å². The van der Waals surface area contributed by atoms with Gasteiger partial charge in [0, 0.05) is 30.0 Å². The molecule has 0 aliphatic rings. The van der Waals surface area contributed by atoms with Crippen molar-refractivity contribution in [2.75, 3.05) is 0 Å². The zero-order valence-corrected chi connectivity index (χ0v) is 16.0. The summed E-state index contributed by atoms with van der Waals surface area (Å²) in [6, 6.07) is 18.6. The zero-order chi connectivity index (χ0) is 21.4. The van der Waals surface area contributed by atoms with Gasteiger partial charge in [-0.3, -0.25) is 4.79 Å². The summed E-state index contributed by atoms with van der Waals surface area (Å²) in [5.41, 5.74) is 2.27. The number of fused-ring (bicyclic) bond motifs is 1. The minimum absolute atomic E-state index is 0.0897. The van der Waals surface area contributed by atoms with Crippen molar-refractivity contribution >= 4 is 5.52 Å². The summed E-state index contributed by atoms with van der Waals surface area (Å²) >= 11 is 0. The Labute approximate surface area is 174 Å². The molecular weight excluding hydrogens is 402 g/mol. The molecule has 31 heavy (non-hydrogen) atoms. The molecule has 0 atom stereocenters. The van der Waals surface area contributed by atoms with E-state index in [1.54, 1.807) is 18.4 Å². The summed E-state index contributed by atoms with van der Waals surface area (Å²) in [5, 5.41) is 4.33. The third kappa shape index (κ3) is 3.46. The molecule has 0 saturated carbocycles. The van der Waals surface area contributed by atoms with Crippen molar-refractivity contribution in [3.8, 4) is 34.1 Å². The van der Waals surface area contributed by atoms with Crippen molar-refractivity contribution in [1.29, 1.82) is 0 Å². The first-order chi connectivity index (χ1) is 15.1. The van der Waals surface area contributed by atoms with Crippen LogP contribution in [0.25, 0.3) is 28.0 Å². The largest absolute Gasteiger partial charge is 0.464 e. The summed E-state index contributed by atoms with van der Waals surface area (Å²) in [5.74, 6) is -0.968. The Hall–Kier alpha value is -4.26. The average molecular weight is 416 g/mol. The molecule has 5 nitrogen and oxygen atoms in total. The molecule has 0 saturated heterocycles. The van der Waals surface area contributed by atoms with Crippen LogP contribution < -0.4 is 10.2 Å². The molecular formula is C24H14F2N2O3. The fourth-order valence-corrected chi connectivity index (χ4v) is 3.42. The minimum atomic E-state index is -0.838. The van der Waals surface area contributed by atoms with E-state index in [0.717, 1.165) is 17.7 Å². The van der Waals surface area contributed by atoms with Crippen LogP contribution in [0.5, 0.6) is 11.6 Å². The maximum atomic E-state index is 13.9. The Bertz CT molecular complexity index is 1460. The number of ether oxygens (including phenoxy) is 1. The lowest BCUT2D eigenvalue weighted by Crippen LogP contribution is -2.09. The number of aromatic nitrogens is 2. The number of benzene rings is 2. The monoisotopic (exact) mass is 416 g/mol.